The third-order valence-corrected chi connectivity index (χ3v) is 4.84. The fraction of sp³-hybridized carbons (Fsp3) is 0.684. The Morgan fingerprint density at radius 1 is 1.19 bits per heavy atom. The number of rotatable bonds is 6. The van der Waals surface area contributed by atoms with Gasteiger partial charge in [-0.15, -0.1) is 0 Å². The first-order valence-electron chi connectivity index (χ1n) is 8.48. The molecule has 3 unspecified atom stereocenters. The average Bonchev–Trinajstić information content (AvgIpc) is 2.46. The van der Waals surface area contributed by atoms with E-state index >= 15 is 0 Å². The first-order chi connectivity index (χ1) is 10.1. The summed E-state index contributed by atoms with van der Waals surface area (Å²) in [5, 5.41) is 3.74. The molecule has 1 N–H and O–H groups in total. The van der Waals surface area contributed by atoms with Gasteiger partial charge >= 0.3 is 0 Å². The molecule has 1 aromatic carbocycles. The van der Waals surface area contributed by atoms with Gasteiger partial charge in [-0.05, 0) is 67.7 Å². The highest BCUT2D eigenvalue weighted by atomic mass is 16.5. The Balaban J connectivity index is 2.07. The zero-order valence-electron chi connectivity index (χ0n) is 14.1. The van der Waals surface area contributed by atoms with Crippen molar-refractivity contribution >= 4 is 0 Å². The van der Waals surface area contributed by atoms with Crippen LogP contribution in [0.2, 0.25) is 0 Å². The van der Waals surface area contributed by atoms with Crippen molar-refractivity contribution in [3.8, 4) is 5.75 Å². The average molecular weight is 289 g/mol. The maximum atomic E-state index is 5.36. The third kappa shape index (κ3) is 4.74. The van der Waals surface area contributed by atoms with Crippen molar-refractivity contribution < 1.29 is 4.74 Å². The van der Waals surface area contributed by atoms with Crippen LogP contribution in [0.4, 0.5) is 0 Å². The number of likely N-dealkylation sites (N-methyl/N-ethyl adjacent to an activating group) is 1. The van der Waals surface area contributed by atoms with Gasteiger partial charge in [0.1, 0.15) is 5.75 Å². The standard InChI is InChI=1S/C19H31NO/c1-5-20-19(17-10-14(2)9-15(3)11-17)13-16-7-6-8-18(12-16)21-4/h6-8,12,14-15,17,19-20H,5,9-11,13H2,1-4H3. The van der Waals surface area contributed by atoms with Crippen LogP contribution < -0.4 is 10.1 Å². The highest BCUT2D eigenvalue weighted by Gasteiger charge is 2.29. The maximum Gasteiger partial charge on any atom is 0.119 e. The van der Waals surface area contributed by atoms with Crippen molar-refractivity contribution in [1.82, 2.24) is 5.32 Å². The van der Waals surface area contributed by atoms with Crippen molar-refractivity contribution in [2.45, 2.75) is 52.5 Å². The Kier molecular flexibility index (Phi) is 6.10. The Hall–Kier alpha value is -1.02. The molecule has 1 aliphatic rings. The van der Waals surface area contributed by atoms with Crippen LogP contribution in [0.3, 0.4) is 0 Å². The summed E-state index contributed by atoms with van der Waals surface area (Å²) in [7, 11) is 1.74. The van der Waals surface area contributed by atoms with E-state index in [0.29, 0.717) is 6.04 Å². The summed E-state index contributed by atoms with van der Waals surface area (Å²) in [4.78, 5) is 0. The molecule has 2 heteroatoms. The van der Waals surface area contributed by atoms with E-state index in [1.54, 1.807) is 7.11 Å². The van der Waals surface area contributed by atoms with E-state index in [2.05, 4.69) is 44.3 Å². The normalized spacial score (nSPS) is 27.3. The van der Waals surface area contributed by atoms with Gasteiger partial charge in [0.15, 0.2) is 0 Å². The first-order valence-corrected chi connectivity index (χ1v) is 8.48. The molecule has 0 spiro atoms. The lowest BCUT2D eigenvalue weighted by Crippen LogP contribution is -2.41. The minimum absolute atomic E-state index is 0.590. The van der Waals surface area contributed by atoms with E-state index in [-0.39, 0.29) is 0 Å². The summed E-state index contributed by atoms with van der Waals surface area (Å²) in [5.74, 6) is 3.50. The molecule has 0 bridgehead atoms. The molecule has 0 radical (unpaired) electrons. The molecule has 0 heterocycles. The third-order valence-electron chi connectivity index (χ3n) is 4.84. The van der Waals surface area contributed by atoms with Gasteiger partial charge in [0.05, 0.1) is 7.11 Å². The van der Waals surface area contributed by atoms with Crippen LogP contribution >= 0.6 is 0 Å². The molecule has 2 nitrogen and oxygen atoms in total. The topological polar surface area (TPSA) is 21.3 Å². The summed E-state index contributed by atoms with van der Waals surface area (Å²) >= 11 is 0. The largest absolute Gasteiger partial charge is 0.497 e. The van der Waals surface area contributed by atoms with Crippen LogP contribution in [0.15, 0.2) is 24.3 Å². The molecule has 0 aliphatic heterocycles. The molecule has 1 aliphatic carbocycles. The molecule has 3 atom stereocenters. The Morgan fingerprint density at radius 3 is 2.52 bits per heavy atom. The summed E-state index contributed by atoms with van der Waals surface area (Å²) in [5.41, 5.74) is 1.38. The van der Waals surface area contributed by atoms with Gasteiger partial charge in [0, 0.05) is 6.04 Å². The minimum Gasteiger partial charge on any atom is -0.497 e. The maximum absolute atomic E-state index is 5.36. The van der Waals surface area contributed by atoms with Crippen molar-refractivity contribution in [3.05, 3.63) is 29.8 Å². The van der Waals surface area contributed by atoms with Gasteiger partial charge in [-0.25, -0.2) is 0 Å². The highest BCUT2D eigenvalue weighted by Crippen LogP contribution is 2.35. The minimum atomic E-state index is 0.590. The van der Waals surface area contributed by atoms with Crippen LogP contribution in [0.1, 0.15) is 45.6 Å². The summed E-state index contributed by atoms with van der Waals surface area (Å²) in [6, 6.07) is 9.12. The molecule has 0 aromatic heterocycles. The van der Waals surface area contributed by atoms with Crippen molar-refractivity contribution in [3.63, 3.8) is 0 Å². The number of ether oxygens (including phenoxy) is 1. The van der Waals surface area contributed by atoms with Gasteiger partial charge < -0.3 is 10.1 Å². The fourth-order valence-corrected chi connectivity index (χ4v) is 4.06. The van der Waals surface area contributed by atoms with Gasteiger partial charge in [-0.1, -0.05) is 32.9 Å². The van der Waals surface area contributed by atoms with E-state index in [1.165, 1.54) is 24.8 Å². The van der Waals surface area contributed by atoms with E-state index in [4.69, 9.17) is 4.74 Å². The van der Waals surface area contributed by atoms with E-state index in [9.17, 15) is 0 Å². The predicted octanol–water partition coefficient (Wildman–Crippen LogP) is 4.29. The molecule has 0 saturated heterocycles. The van der Waals surface area contributed by atoms with Crippen LogP contribution in [0.25, 0.3) is 0 Å². The fourth-order valence-electron chi connectivity index (χ4n) is 4.06. The van der Waals surface area contributed by atoms with Crippen molar-refractivity contribution in [2.24, 2.45) is 17.8 Å². The smallest absolute Gasteiger partial charge is 0.119 e. The van der Waals surface area contributed by atoms with Gasteiger partial charge in [-0.2, -0.15) is 0 Å². The van der Waals surface area contributed by atoms with Crippen LogP contribution in [-0.2, 0) is 6.42 Å². The Labute approximate surface area is 130 Å². The van der Waals surface area contributed by atoms with Gasteiger partial charge in [0.25, 0.3) is 0 Å². The molecule has 2 rings (SSSR count). The zero-order chi connectivity index (χ0) is 15.2. The lowest BCUT2D eigenvalue weighted by atomic mass is 9.72. The SMILES string of the molecule is CCNC(Cc1cccc(OC)c1)C1CC(C)CC(C)C1. The van der Waals surface area contributed by atoms with Gasteiger partial charge in [0.2, 0.25) is 0 Å². The summed E-state index contributed by atoms with van der Waals surface area (Å²) in [6.45, 7) is 8.09. The number of nitrogens with one attached hydrogen (secondary N) is 1. The first kappa shape index (κ1) is 16.4. The second-order valence-electron chi connectivity index (χ2n) is 6.90. The Morgan fingerprint density at radius 2 is 1.90 bits per heavy atom. The van der Waals surface area contributed by atoms with E-state index in [1.807, 2.05) is 6.07 Å². The number of methoxy groups -OCH3 is 1. The summed E-state index contributed by atoms with van der Waals surface area (Å²) in [6.07, 6.45) is 5.24. The molecule has 1 saturated carbocycles. The Bertz CT molecular complexity index is 421. The van der Waals surface area contributed by atoms with Crippen LogP contribution in [0.5, 0.6) is 5.75 Å². The number of hydrogen-bond donors (Lipinski definition) is 1. The van der Waals surface area contributed by atoms with Crippen molar-refractivity contribution in [2.75, 3.05) is 13.7 Å². The van der Waals surface area contributed by atoms with Crippen molar-refractivity contribution in [1.29, 1.82) is 0 Å². The van der Waals surface area contributed by atoms with E-state index < -0.39 is 0 Å². The molecule has 0 amide bonds. The van der Waals surface area contributed by atoms with Gasteiger partial charge in [-0.3, -0.25) is 0 Å². The molecular formula is C19H31NO. The second kappa shape index (κ2) is 7.84. The number of hydrogen-bond acceptors (Lipinski definition) is 2. The number of benzene rings is 1. The predicted molar refractivity (Wildman–Crippen MR) is 89.8 cm³/mol. The molecule has 118 valence electrons. The lowest BCUT2D eigenvalue weighted by Gasteiger charge is -2.37. The van der Waals surface area contributed by atoms with E-state index in [0.717, 1.165) is 36.5 Å². The zero-order valence-corrected chi connectivity index (χ0v) is 14.1. The molecule has 1 fully saturated rings. The quantitative estimate of drug-likeness (QED) is 0.843. The van der Waals surface area contributed by atoms with Crippen LogP contribution in [0, 0.1) is 17.8 Å². The molecule has 21 heavy (non-hydrogen) atoms. The highest BCUT2D eigenvalue weighted by molar-refractivity contribution is 5.29. The summed E-state index contributed by atoms with van der Waals surface area (Å²) < 4.78 is 5.36. The van der Waals surface area contributed by atoms with Crippen LogP contribution in [-0.4, -0.2) is 19.7 Å². The second-order valence-corrected chi connectivity index (χ2v) is 6.90. The monoisotopic (exact) mass is 289 g/mol. The molecule has 1 aromatic rings. The lowest BCUT2D eigenvalue weighted by molar-refractivity contribution is 0.176. The molecular weight excluding hydrogens is 258 g/mol.